The summed E-state index contributed by atoms with van der Waals surface area (Å²) in [6.45, 7) is 4.00. The quantitative estimate of drug-likeness (QED) is 0.215. The topological polar surface area (TPSA) is 30.5 Å². The molecule has 0 radical (unpaired) electrons. The number of ether oxygens (including phenoxy) is 2. The van der Waals surface area contributed by atoms with Crippen LogP contribution in [-0.2, 0) is 9.47 Å². The fraction of sp³-hybridized carbons (Fsp3) is 0.250. The summed E-state index contributed by atoms with van der Waals surface area (Å²) in [6.07, 6.45) is 5.11. The average Bonchev–Trinajstić information content (AvgIpc) is 3.79. The number of rotatable bonds is 6. The van der Waals surface area contributed by atoms with Crippen LogP contribution >= 0.6 is 11.3 Å². The van der Waals surface area contributed by atoms with Crippen LogP contribution in [0.1, 0.15) is 25.7 Å². The first kappa shape index (κ1) is 30.6. The summed E-state index contributed by atoms with van der Waals surface area (Å²) >= 11 is 7.25. The molecule has 7 heteroatoms. The van der Waals surface area contributed by atoms with Gasteiger partial charge in [0.15, 0.2) is 0 Å². The summed E-state index contributed by atoms with van der Waals surface area (Å²) in [4.78, 5) is 4.18. The van der Waals surface area contributed by atoms with Crippen LogP contribution in [0.5, 0.6) is 0 Å². The van der Waals surface area contributed by atoms with Crippen LogP contribution in [-0.4, -0.2) is 56.6 Å². The van der Waals surface area contributed by atoms with E-state index in [0.717, 1.165) is 26.4 Å². The van der Waals surface area contributed by atoms with Gasteiger partial charge in [-0.3, -0.25) is 0 Å². The Morgan fingerprint density at radius 2 is 0.641 bits per heavy atom. The predicted octanol–water partition coefficient (Wildman–Crippen LogP) is 5.50. The minimum absolute atomic E-state index is 1.00. The van der Waals surface area contributed by atoms with Gasteiger partial charge in [-0.2, -0.15) is 0 Å². The third kappa shape index (κ3) is 8.82. The Balaban J connectivity index is 0.000000294. The standard InChI is InChI=1S/C24H21NP2Se2.2C4H8O/c28-26(21-13-5-1-6-14-21,22-15-7-2-8-16-22)25-27(29,23-17-9-3-10-18-23)24-19-11-4-12-20-24;2*1-2-4-5-3-1/h1-20H,(H,25,28,29);2*1-4H2. The van der Waals surface area contributed by atoms with Gasteiger partial charge >= 0.3 is 189 Å². The molecule has 4 aromatic carbocycles. The molecule has 2 saturated heterocycles. The van der Waals surface area contributed by atoms with Crippen molar-refractivity contribution in [1.82, 2.24) is 4.86 Å². The second kappa shape index (κ2) is 16.2. The van der Waals surface area contributed by atoms with Crippen LogP contribution in [0.3, 0.4) is 0 Å². The van der Waals surface area contributed by atoms with E-state index in [9.17, 15) is 0 Å². The van der Waals surface area contributed by atoms with Crippen molar-refractivity contribution in [2.24, 2.45) is 0 Å². The van der Waals surface area contributed by atoms with E-state index in [1.807, 2.05) is 0 Å². The molecule has 2 heterocycles. The molecule has 0 unspecified atom stereocenters. The Hall–Kier alpha value is -1.34. The van der Waals surface area contributed by atoms with Crippen LogP contribution in [0.25, 0.3) is 0 Å². The third-order valence-corrected chi connectivity index (χ3v) is 21.2. The van der Waals surface area contributed by atoms with Gasteiger partial charge in [0.1, 0.15) is 0 Å². The van der Waals surface area contributed by atoms with E-state index in [4.69, 9.17) is 9.47 Å². The molecular weight excluding hydrogens is 650 g/mol. The second-order valence-corrected chi connectivity index (χ2v) is 21.5. The minimum atomic E-state index is -1.98. The van der Waals surface area contributed by atoms with Gasteiger partial charge < -0.3 is 9.47 Å². The van der Waals surface area contributed by atoms with Gasteiger partial charge in [0.2, 0.25) is 0 Å². The molecule has 4 aromatic rings. The Morgan fingerprint density at radius 1 is 0.410 bits per heavy atom. The summed E-state index contributed by atoms with van der Waals surface area (Å²) in [7, 11) is 0. The first-order valence-electron chi connectivity index (χ1n) is 13.5. The zero-order valence-corrected chi connectivity index (χ0v) is 27.4. The zero-order valence-electron chi connectivity index (χ0n) is 22.2. The monoisotopic (exact) mass is 689 g/mol. The van der Waals surface area contributed by atoms with Gasteiger partial charge in [-0.15, -0.1) is 0 Å². The van der Waals surface area contributed by atoms with E-state index >= 15 is 0 Å². The fourth-order valence-corrected chi connectivity index (χ4v) is 20.7. The molecule has 0 aliphatic carbocycles. The maximum absolute atomic E-state index is 4.94. The zero-order chi connectivity index (χ0) is 27.2. The van der Waals surface area contributed by atoms with E-state index in [1.165, 1.54) is 46.9 Å². The normalized spacial score (nSPS) is 15.0. The summed E-state index contributed by atoms with van der Waals surface area (Å²) in [5.74, 6) is 0. The molecule has 6 rings (SSSR count). The molecule has 0 aromatic heterocycles. The molecule has 39 heavy (non-hydrogen) atoms. The molecule has 0 bridgehead atoms. The van der Waals surface area contributed by atoms with Gasteiger partial charge in [-0.25, -0.2) is 0 Å². The molecule has 1 N–H and O–H groups in total. The van der Waals surface area contributed by atoms with Crippen LogP contribution < -0.4 is 26.1 Å². The number of nitrogens with one attached hydrogen (secondary N) is 1. The average molecular weight is 688 g/mol. The Kier molecular flexibility index (Phi) is 12.7. The van der Waals surface area contributed by atoms with Crippen molar-refractivity contribution in [1.29, 1.82) is 0 Å². The van der Waals surface area contributed by atoms with Crippen LogP contribution in [0, 0.1) is 0 Å². The maximum atomic E-state index is 4.94. The number of hydrogen-bond donors (Lipinski definition) is 1. The molecule has 0 amide bonds. The summed E-state index contributed by atoms with van der Waals surface area (Å²) < 4.78 is 9.89. The van der Waals surface area contributed by atoms with E-state index in [-0.39, 0.29) is 0 Å². The van der Waals surface area contributed by atoms with Gasteiger partial charge in [0, 0.05) is 26.4 Å². The number of benzene rings is 4. The Morgan fingerprint density at radius 3 is 0.821 bits per heavy atom. The van der Waals surface area contributed by atoms with E-state index in [1.54, 1.807) is 0 Å². The van der Waals surface area contributed by atoms with Crippen molar-refractivity contribution in [2.75, 3.05) is 26.4 Å². The van der Waals surface area contributed by atoms with Crippen molar-refractivity contribution < 1.29 is 9.47 Å². The van der Waals surface area contributed by atoms with Crippen LogP contribution in [0.2, 0.25) is 0 Å². The SMILES string of the molecule is C1CCOC1.C1CCOC1.[Se]=P(NP(=[Se])(c1ccccc1)c1ccccc1)(c1ccccc1)c1ccccc1. The van der Waals surface area contributed by atoms with Crippen LogP contribution in [0.15, 0.2) is 121 Å². The molecule has 204 valence electrons. The Bertz CT molecular complexity index is 1120. The van der Waals surface area contributed by atoms with Gasteiger partial charge in [0.05, 0.1) is 0 Å². The molecule has 2 aliphatic heterocycles. The molecule has 0 spiro atoms. The molecule has 2 aliphatic rings. The summed E-state index contributed by atoms with van der Waals surface area (Å²) in [5, 5.41) is 5.21. The first-order valence-corrected chi connectivity index (χ1v) is 21.5. The van der Waals surface area contributed by atoms with Crippen molar-refractivity contribution >= 4 is 62.7 Å². The first-order chi connectivity index (χ1) is 19.1. The second-order valence-electron chi connectivity index (χ2n) is 9.30. The van der Waals surface area contributed by atoms with Crippen molar-refractivity contribution in [3.05, 3.63) is 121 Å². The Labute approximate surface area is 249 Å². The van der Waals surface area contributed by atoms with E-state index in [0.29, 0.717) is 0 Å². The third-order valence-electron chi connectivity index (χ3n) is 6.42. The van der Waals surface area contributed by atoms with Crippen molar-refractivity contribution in [3.63, 3.8) is 0 Å². The number of hydrogen-bond acceptors (Lipinski definition) is 3. The van der Waals surface area contributed by atoms with Gasteiger partial charge in [-0.1, -0.05) is 0 Å². The van der Waals surface area contributed by atoms with Gasteiger partial charge in [-0.05, 0) is 25.7 Å². The predicted molar refractivity (Wildman–Crippen MR) is 173 cm³/mol. The van der Waals surface area contributed by atoms with E-state index in [2.05, 4.69) is 156 Å². The molecule has 0 atom stereocenters. The molecule has 0 saturated carbocycles. The van der Waals surface area contributed by atoms with E-state index < -0.39 is 11.3 Å². The molecule has 3 nitrogen and oxygen atoms in total. The fourth-order valence-electron chi connectivity index (χ4n) is 4.30. The van der Waals surface area contributed by atoms with Crippen molar-refractivity contribution in [2.45, 2.75) is 25.7 Å². The van der Waals surface area contributed by atoms with Gasteiger partial charge in [0.25, 0.3) is 0 Å². The molecule has 2 fully saturated rings. The van der Waals surface area contributed by atoms with Crippen molar-refractivity contribution in [3.8, 4) is 0 Å². The summed E-state index contributed by atoms with van der Waals surface area (Å²) in [5.41, 5.74) is -3.97. The molecular formula is C32H37NO2P2Se2. The summed E-state index contributed by atoms with van der Waals surface area (Å²) in [6, 6.07) is 43.1. The van der Waals surface area contributed by atoms with Crippen LogP contribution in [0.4, 0.5) is 0 Å².